The second kappa shape index (κ2) is 4.05. The fourth-order valence-electron chi connectivity index (χ4n) is 3.79. The lowest BCUT2D eigenvalue weighted by Gasteiger charge is -2.27. The van der Waals surface area contributed by atoms with Crippen molar-refractivity contribution in [2.45, 2.75) is 37.8 Å². The Bertz CT molecular complexity index is 422. The Morgan fingerprint density at radius 2 is 2.11 bits per heavy atom. The van der Waals surface area contributed by atoms with E-state index in [0.29, 0.717) is 12.5 Å². The molecule has 3 rings (SSSR count). The molecule has 0 spiro atoms. The Labute approximate surface area is 104 Å². The first-order valence-electron chi connectivity index (χ1n) is 6.40. The molecule has 3 fully saturated rings. The SMILES string of the molecule is O=C1CC(N2CC3CCCC3C2C(=O)O)C(=O)N1. The normalized spacial score (nSPS) is 40.0. The van der Waals surface area contributed by atoms with Gasteiger partial charge in [-0.1, -0.05) is 6.42 Å². The molecule has 4 atom stereocenters. The largest absolute Gasteiger partial charge is 0.480 e. The Morgan fingerprint density at radius 1 is 1.33 bits per heavy atom. The molecular formula is C12H16N2O4. The summed E-state index contributed by atoms with van der Waals surface area (Å²) in [5, 5.41) is 11.6. The minimum Gasteiger partial charge on any atom is -0.480 e. The van der Waals surface area contributed by atoms with E-state index in [1.54, 1.807) is 4.90 Å². The van der Waals surface area contributed by atoms with Crippen LogP contribution >= 0.6 is 0 Å². The lowest BCUT2D eigenvalue weighted by molar-refractivity contribution is -0.145. The van der Waals surface area contributed by atoms with Crippen molar-refractivity contribution in [2.24, 2.45) is 11.8 Å². The van der Waals surface area contributed by atoms with Crippen LogP contribution in [0.1, 0.15) is 25.7 Å². The maximum Gasteiger partial charge on any atom is 0.321 e. The predicted molar refractivity (Wildman–Crippen MR) is 60.5 cm³/mol. The van der Waals surface area contributed by atoms with Gasteiger partial charge < -0.3 is 5.11 Å². The summed E-state index contributed by atoms with van der Waals surface area (Å²) in [4.78, 5) is 36.1. The van der Waals surface area contributed by atoms with Crippen molar-refractivity contribution in [3.63, 3.8) is 0 Å². The quantitative estimate of drug-likeness (QED) is 0.652. The van der Waals surface area contributed by atoms with Crippen molar-refractivity contribution < 1.29 is 19.5 Å². The molecule has 0 aromatic heterocycles. The number of imide groups is 1. The Balaban J connectivity index is 1.85. The summed E-state index contributed by atoms with van der Waals surface area (Å²) in [6.45, 7) is 0.632. The van der Waals surface area contributed by atoms with Crippen LogP contribution in [0.3, 0.4) is 0 Å². The molecule has 1 aliphatic carbocycles. The van der Waals surface area contributed by atoms with E-state index in [1.165, 1.54) is 0 Å². The van der Waals surface area contributed by atoms with Gasteiger partial charge in [0, 0.05) is 6.54 Å². The minimum absolute atomic E-state index is 0.0993. The van der Waals surface area contributed by atoms with E-state index in [0.717, 1.165) is 19.3 Å². The lowest BCUT2D eigenvalue weighted by atomic mass is 9.94. The number of carbonyl (C=O) groups is 3. The monoisotopic (exact) mass is 252 g/mol. The van der Waals surface area contributed by atoms with Gasteiger partial charge in [0.25, 0.3) is 0 Å². The van der Waals surface area contributed by atoms with E-state index >= 15 is 0 Å². The van der Waals surface area contributed by atoms with Gasteiger partial charge in [0.1, 0.15) is 6.04 Å². The molecule has 2 amide bonds. The van der Waals surface area contributed by atoms with Crippen molar-refractivity contribution in [3.05, 3.63) is 0 Å². The van der Waals surface area contributed by atoms with Crippen molar-refractivity contribution in [3.8, 4) is 0 Å². The zero-order valence-electron chi connectivity index (χ0n) is 9.96. The number of hydrogen-bond acceptors (Lipinski definition) is 4. The molecule has 18 heavy (non-hydrogen) atoms. The van der Waals surface area contributed by atoms with Crippen molar-refractivity contribution >= 4 is 17.8 Å². The second-order valence-electron chi connectivity index (χ2n) is 5.47. The molecule has 0 radical (unpaired) electrons. The van der Waals surface area contributed by atoms with Crippen LogP contribution in [0.15, 0.2) is 0 Å². The maximum atomic E-state index is 11.7. The fourth-order valence-corrected chi connectivity index (χ4v) is 3.79. The number of hydrogen-bond donors (Lipinski definition) is 2. The molecule has 0 aromatic rings. The number of fused-ring (bicyclic) bond motifs is 1. The van der Waals surface area contributed by atoms with Crippen molar-refractivity contribution in [2.75, 3.05) is 6.54 Å². The van der Waals surface area contributed by atoms with Gasteiger partial charge in [0.05, 0.1) is 12.5 Å². The summed E-state index contributed by atoms with van der Waals surface area (Å²) in [5.74, 6) is -0.991. The highest BCUT2D eigenvalue weighted by Crippen LogP contribution is 2.43. The number of carboxylic acid groups (broad SMARTS) is 1. The molecule has 2 N–H and O–H groups in total. The first-order chi connectivity index (χ1) is 8.58. The number of carboxylic acids is 1. The number of nitrogens with one attached hydrogen (secondary N) is 1. The highest BCUT2D eigenvalue weighted by molar-refractivity contribution is 6.05. The van der Waals surface area contributed by atoms with E-state index in [9.17, 15) is 19.5 Å². The van der Waals surface area contributed by atoms with E-state index in [4.69, 9.17) is 0 Å². The van der Waals surface area contributed by atoms with Gasteiger partial charge in [0.2, 0.25) is 11.8 Å². The van der Waals surface area contributed by atoms with Crippen LogP contribution in [0.5, 0.6) is 0 Å². The third-order valence-electron chi connectivity index (χ3n) is 4.52. The Hall–Kier alpha value is -1.43. The first-order valence-corrected chi connectivity index (χ1v) is 6.40. The zero-order valence-corrected chi connectivity index (χ0v) is 9.96. The summed E-state index contributed by atoms with van der Waals surface area (Å²) in [7, 11) is 0. The first kappa shape index (κ1) is 11.6. The van der Waals surface area contributed by atoms with Gasteiger partial charge in [-0.3, -0.25) is 24.6 Å². The molecule has 6 nitrogen and oxygen atoms in total. The van der Waals surface area contributed by atoms with Crippen LogP contribution in [0, 0.1) is 11.8 Å². The number of likely N-dealkylation sites (tertiary alicyclic amines) is 1. The zero-order chi connectivity index (χ0) is 12.9. The molecule has 2 aliphatic heterocycles. The molecule has 0 aromatic carbocycles. The number of rotatable bonds is 2. The molecule has 4 unspecified atom stereocenters. The van der Waals surface area contributed by atoms with Crippen LogP contribution in [-0.2, 0) is 14.4 Å². The summed E-state index contributed by atoms with van der Waals surface area (Å²) in [5.41, 5.74) is 0. The molecule has 2 heterocycles. The predicted octanol–water partition coefficient (Wildman–Crippen LogP) is -0.413. The van der Waals surface area contributed by atoms with Gasteiger partial charge in [-0.15, -0.1) is 0 Å². The summed E-state index contributed by atoms with van der Waals surface area (Å²) < 4.78 is 0. The van der Waals surface area contributed by atoms with Gasteiger partial charge in [-0.2, -0.15) is 0 Å². The third kappa shape index (κ3) is 1.63. The van der Waals surface area contributed by atoms with Crippen molar-refractivity contribution in [1.29, 1.82) is 0 Å². The van der Waals surface area contributed by atoms with Gasteiger partial charge in [-0.05, 0) is 24.7 Å². The number of nitrogens with zero attached hydrogens (tertiary/aromatic N) is 1. The molecule has 1 saturated carbocycles. The van der Waals surface area contributed by atoms with Crippen LogP contribution in [0.4, 0.5) is 0 Å². The number of aliphatic carboxylic acids is 1. The third-order valence-corrected chi connectivity index (χ3v) is 4.52. The van der Waals surface area contributed by atoms with E-state index in [-0.39, 0.29) is 24.2 Å². The Morgan fingerprint density at radius 3 is 2.72 bits per heavy atom. The van der Waals surface area contributed by atoms with Crippen LogP contribution in [-0.4, -0.2) is 46.4 Å². The van der Waals surface area contributed by atoms with Gasteiger partial charge >= 0.3 is 5.97 Å². The summed E-state index contributed by atoms with van der Waals surface area (Å²) in [6, 6.07) is -1.18. The average molecular weight is 252 g/mol. The highest BCUT2D eigenvalue weighted by Gasteiger charge is 2.52. The maximum absolute atomic E-state index is 11.7. The molecule has 0 bridgehead atoms. The van der Waals surface area contributed by atoms with Gasteiger partial charge in [0.15, 0.2) is 0 Å². The molecule has 6 heteroatoms. The number of carbonyl (C=O) groups excluding carboxylic acids is 2. The summed E-state index contributed by atoms with van der Waals surface area (Å²) >= 11 is 0. The van der Waals surface area contributed by atoms with Gasteiger partial charge in [-0.25, -0.2) is 0 Å². The molecule has 98 valence electrons. The van der Waals surface area contributed by atoms with Crippen LogP contribution < -0.4 is 5.32 Å². The lowest BCUT2D eigenvalue weighted by Crippen LogP contribution is -2.48. The highest BCUT2D eigenvalue weighted by atomic mass is 16.4. The average Bonchev–Trinajstić information content (AvgIpc) is 2.90. The minimum atomic E-state index is -0.864. The fraction of sp³-hybridized carbons (Fsp3) is 0.750. The summed E-state index contributed by atoms with van der Waals surface area (Å²) in [6.07, 6.45) is 3.12. The number of amides is 2. The molecule has 3 aliphatic rings. The topological polar surface area (TPSA) is 86.7 Å². The van der Waals surface area contributed by atoms with E-state index in [1.807, 2.05) is 0 Å². The molecular weight excluding hydrogens is 236 g/mol. The molecule has 2 saturated heterocycles. The van der Waals surface area contributed by atoms with E-state index < -0.39 is 18.1 Å². The Kier molecular flexibility index (Phi) is 2.62. The smallest absolute Gasteiger partial charge is 0.321 e. The van der Waals surface area contributed by atoms with E-state index in [2.05, 4.69) is 5.32 Å². The second-order valence-corrected chi connectivity index (χ2v) is 5.47. The van der Waals surface area contributed by atoms with Crippen LogP contribution in [0.25, 0.3) is 0 Å². The van der Waals surface area contributed by atoms with Crippen molar-refractivity contribution in [1.82, 2.24) is 10.2 Å². The standard InChI is InChI=1S/C12H16N2O4/c15-9-4-8(11(16)13-9)14-5-6-2-1-3-7(6)10(14)12(17)18/h6-8,10H,1-5H2,(H,17,18)(H,13,15,16). The van der Waals surface area contributed by atoms with Crippen LogP contribution in [0.2, 0.25) is 0 Å².